The Hall–Kier alpha value is -0.770. The predicted molar refractivity (Wildman–Crippen MR) is 63.8 cm³/mol. The van der Waals surface area contributed by atoms with Crippen molar-refractivity contribution in [1.29, 1.82) is 0 Å². The number of hydrogen-bond acceptors (Lipinski definition) is 2. The molecule has 4 heteroatoms. The van der Waals surface area contributed by atoms with Crippen LogP contribution < -0.4 is 16.4 Å². The Morgan fingerprint density at radius 1 is 1.00 bits per heavy atom. The molecule has 4 N–H and O–H groups in total. The van der Waals surface area contributed by atoms with Crippen LogP contribution in [0.4, 0.5) is 4.79 Å². The number of nitrogens with two attached hydrogens (primary N) is 1. The maximum Gasteiger partial charge on any atom is 0.314 e. The van der Waals surface area contributed by atoms with E-state index in [2.05, 4.69) is 17.6 Å². The summed E-state index contributed by atoms with van der Waals surface area (Å²) in [6.07, 6.45) is 6.68. The van der Waals surface area contributed by atoms with Crippen molar-refractivity contribution in [2.75, 3.05) is 19.6 Å². The molecule has 0 saturated carbocycles. The summed E-state index contributed by atoms with van der Waals surface area (Å²) >= 11 is 0. The summed E-state index contributed by atoms with van der Waals surface area (Å²) in [7, 11) is 0. The third kappa shape index (κ3) is 11.2. The lowest BCUT2D eigenvalue weighted by Crippen LogP contribution is -2.36. The smallest absolute Gasteiger partial charge is 0.314 e. The van der Waals surface area contributed by atoms with E-state index in [4.69, 9.17) is 5.73 Å². The fraction of sp³-hybridized carbons (Fsp3) is 0.909. The van der Waals surface area contributed by atoms with Crippen LogP contribution in [-0.2, 0) is 0 Å². The first-order chi connectivity index (χ1) is 7.31. The van der Waals surface area contributed by atoms with E-state index in [1.807, 2.05) is 0 Å². The van der Waals surface area contributed by atoms with Crippen LogP contribution in [0.25, 0.3) is 0 Å². The van der Waals surface area contributed by atoms with Crippen LogP contribution in [0.2, 0.25) is 0 Å². The van der Waals surface area contributed by atoms with Gasteiger partial charge in [0, 0.05) is 13.1 Å². The molecule has 2 amide bonds. The second-order valence-corrected chi connectivity index (χ2v) is 3.74. The lowest BCUT2D eigenvalue weighted by atomic mass is 10.2. The molecule has 0 saturated heterocycles. The lowest BCUT2D eigenvalue weighted by molar-refractivity contribution is 0.240. The number of nitrogens with one attached hydrogen (secondary N) is 2. The number of carbonyl (C=O) groups is 1. The van der Waals surface area contributed by atoms with Crippen LogP contribution in [0.15, 0.2) is 0 Å². The minimum atomic E-state index is -0.0523. The number of unbranched alkanes of at least 4 members (excludes halogenated alkanes) is 4. The van der Waals surface area contributed by atoms with Crippen molar-refractivity contribution in [3.05, 3.63) is 0 Å². The standard InChI is InChI=1S/C11H25N3O/c1-2-3-4-6-9-13-11(15)14-10-7-5-8-12/h2-10,12H2,1H3,(H2,13,14,15). The number of hydrogen-bond donors (Lipinski definition) is 3. The van der Waals surface area contributed by atoms with Crippen LogP contribution in [0.5, 0.6) is 0 Å². The van der Waals surface area contributed by atoms with Crippen LogP contribution >= 0.6 is 0 Å². The molecule has 0 aliphatic rings. The predicted octanol–water partition coefficient (Wildman–Crippen LogP) is 1.60. The van der Waals surface area contributed by atoms with Crippen molar-refractivity contribution in [2.24, 2.45) is 5.73 Å². The van der Waals surface area contributed by atoms with Crippen molar-refractivity contribution >= 4 is 6.03 Å². The zero-order valence-electron chi connectivity index (χ0n) is 9.85. The summed E-state index contributed by atoms with van der Waals surface area (Å²) in [6.45, 7) is 4.37. The van der Waals surface area contributed by atoms with Crippen LogP contribution in [-0.4, -0.2) is 25.7 Å². The average molecular weight is 215 g/mol. The Balaban J connectivity index is 3.11. The molecule has 0 rings (SSSR count). The largest absolute Gasteiger partial charge is 0.338 e. The average Bonchev–Trinajstić information content (AvgIpc) is 2.24. The first kappa shape index (κ1) is 14.2. The van der Waals surface area contributed by atoms with Crippen LogP contribution in [0.3, 0.4) is 0 Å². The second kappa shape index (κ2) is 11.3. The van der Waals surface area contributed by atoms with Crippen molar-refractivity contribution in [2.45, 2.75) is 45.4 Å². The van der Waals surface area contributed by atoms with E-state index >= 15 is 0 Å². The summed E-state index contributed by atoms with van der Waals surface area (Å²) in [5, 5.41) is 5.64. The molecule has 15 heavy (non-hydrogen) atoms. The number of urea groups is 1. The molecule has 0 unspecified atom stereocenters. The van der Waals surface area contributed by atoms with E-state index in [9.17, 15) is 4.79 Å². The molecule has 0 aromatic heterocycles. The lowest BCUT2D eigenvalue weighted by Gasteiger charge is -2.06. The zero-order chi connectivity index (χ0) is 11.4. The SMILES string of the molecule is CCCCCCNC(=O)NCCCCN. The normalized spacial score (nSPS) is 10.0. The van der Waals surface area contributed by atoms with Crippen LogP contribution in [0.1, 0.15) is 45.4 Å². The Morgan fingerprint density at radius 3 is 2.13 bits per heavy atom. The summed E-state index contributed by atoms with van der Waals surface area (Å²) in [4.78, 5) is 11.2. The van der Waals surface area contributed by atoms with Gasteiger partial charge in [0.25, 0.3) is 0 Å². The minimum absolute atomic E-state index is 0.0523. The van der Waals surface area contributed by atoms with Gasteiger partial charge in [-0.25, -0.2) is 4.79 Å². The Morgan fingerprint density at radius 2 is 1.60 bits per heavy atom. The third-order valence-corrected chi connectivity index (χ3v) is 2.23. The molecular formula is C11H25N3O. The molecule has 90 valence electrons. The summed E-state index contributed by atoms with van der Waals surface area (Å²) < 4.78 is 0. The van der Waals surface area contributed by atoms with Gasteiger partial charge < -0.3 is 16.4 Å². The quantitative estimate of drug-likeness (QED) is 0.511. The number of amides is 2. The number of rotatable bonds is 9. The number of carbonyl (C=O) groups excluding carboxylic acids is 1. The van der Waals surface area contributed by atoms with Gasteiger partial charge in [0.1, 0.15) is 0 Å². The molecule has 0 aromatic rings. The molecule has 0 aliphatic carbocycles. The van der Waals surface area contributed by atoms with Crippen molar-refractivity contribution < 1.29 is 4.79 Å². The van der Waals surface area contributed by atoms with E-state index in [0.717, 1.165) is 32.4 Å². The highest BCUT2D eigenvalue weighted by molar-refractivity contribution is 5.73. The van der Waals surface area contributed by atoms with Crippen molar-refractivity contribution in [1.82, 2.24) is 10.6 Å². The Bertz CT molecular complexity index is 151. The topological polar surface area (TPSA) is 67.2 Å². The van der Waals surface area contributed by atoms with Gasteiger partial charge in [-0.1, -0.05) is 26.2 Å². The van der Waals surface area contributed by atoms with Gasteiger partial charge in [0.15, 0.2) is 0 Å². The van der Waals surface area contributed by atoms with E-state index in [-0.39, 0.29) is 6.03 Å². The Kier molecular flexibility index (Phi) is 10.7. The van der Waals surface area contributed by atoms with E-state index in [1.54, 1.807) is 0 Å². The van der Waals surface area contributed by atoms with Gasteiger partial charge in [0.05, 0.1) is 0 Å². The van der Waals surface area contributed by atoms with Gasteiger partial charge in [0.2, 0.25) is 0 Å². The molecule has 4 nitrogen and oxygen atoms in total. The van der Waals surface area contributed by atoms with Gasteiger partial charge in [-0.3, -0.25) is 0 Å². The molecule has 0 bridgehead atoms. The minimum Gasteiger partial charge on any atom is -0.338 e. The van der Waals surface area contributed by atoms with Gasteiger partial charge >= 0.3 is 6.03 Å². The van der Waals surface area contributed by atoms with E-state index in [1.165, 1.54) is 19.3 Å². The van der Waals surface area contributed by atoms with E-state index in [0.29, 0.717) is 6.54 Å². The molecular weight excluding hydrogens is 190 g/mol. The molecule has 0 radical (unpaired) electrons. The Labute approximate surface area is 93.0 Å². The third-order valence-electron chi connectivity index (χ3n) is 2.23. The molecule has 0 heterocycles. The fourth-order valence-electron chi connectivity index (χ4n) is 1.29. The molecule has 0 spiro atoms. The maximum atomic E-state index is 11.2. The van der Waals surface area contributed by atoms with Gasteiger partial charge in [-0.05, 0) is 25.8 Å². The van der Waals surface area contributed by atoms with Crippen molar-refractivity contribution in [3.63, 3.8) is 0 Å². The second-order valence-electron chi connectivity index (χ2n) is 3.74. The summed E-state index contributed by atoms with van der Waals surface area (Å²) in [6, 6.07) is -0.0523. The monoisotopic (exact) mass is 215 g/mol. The van der Waals surface area contributed by atoms with E-state index < -0.39 is 0 Å². The highest BCUT2D eigenvalue weighted by Gasteiger charge is 1.97. The van der Waals surface area contributed by atoms with Gasteiger partial charge in [-0.15, -0.1) is 0 Å². The molecule has 0 fully saturated rings. The maximum absolute atomic E-state index is 11.2. The summed E-state index contributed by atoms with van der Waals surface area (Å²) in [5.74, 6) is 0. The first-order valence-electron chi connectivity index (χ1n) is 6.03. The zero-order valence-corrected chi connectivity index (χ0v) is 9.85. The first-order valence-corrected chi connectivity index (χ1v) is 6.03. The fourth-order valence-corrected chi connectivity index (χ4v) is 1.29. The van der Waals surface area contributed by atoms with Crippen molar-refractivity contribution in [3.8, 4) is 0 Å². The molecule has 0 aromatic carbocycles. The molecule has 0 atom stereocenters. The van der Waals surface area contributed by atoms with Crippen LogP contribution in [0, 0.1) is 0 Å². The van der Waals surface area contributed by atoms with Gasteiger partial charge in [-0.2, -0.15) is 0 Å². The highest BCUT2D eigenvalue weighted by atomic mass is 16.2. The molecule has 0 aliphatic heterocycles. The highest BCUT2D eigenvalue weighted by Crippen LogP contribution is 1.96. The summed E-state index contributed by atoms with van der Waals surface area (Å²) in [5.41, 5.74) is 5.34.